The first-order valence-electron chi connectivity index (χ1n) is 12.7. The maximum absolute atomic E-state index is 11.2. The van der Waals surface area contributed by atoms with Gasteiger partial charge in [-0.3, -0.25) is 4.79 Å². The number of aliphatic hydroxyl groups is 1. The van der Waals surface area contributed by atoms with Gasteiger partial charge in [-0.2, -0.15) is 0 Å². The fourth-order valence-electron chi connectivity index (χ4n) is 3.84. The van der Waals surface area contributed by atoms with Gasteiger partial charge in [0.2, 0.25) is 0 Å². The standard InChI is InChI=1S/C26H50O3/c1-2-3-22-25(26(28)29)23-20-18-16-14-12-10-8-6-4-5-7-9-11-13-15-17-19-21-24-27/h18,20,25,27H,2-17,19,21-24H2,1H3,(H,28,29). The summed E-state index contributed by atoms with van der Waals surface area (Å²) in [5.74, 6) is -0.833. The van der Waals surface area contributed by atoms with Gasteiger partial charge in [0.1, 0.15) is 0 Å². The second-order valence-corrected chi connectivity index (χ2v) is 8.70. The molecule has 29 heavy (non-hydrogen) atoms. The molecule has 0 aliphatic carbocycles. The largest absolute Gasteiger partial charge is 0.481 e. The molecule has 0 radical (unpaired) electrons. The van der Waals surface area contributed by atoms with Gasteiger partial charge < -0.3 is 10.2 Å². The number of carboxylic acids is 1. The summed E-state index contributed by atoms with van der Waals surface area (Å²) in [6, 6.07) is 0. The van der Waals surface area contributed by atoms with Crippen molar-refractivity contribution in [2.75, 3.05) is 6.61 Å². The van der Waals surface area contributed by atoms with Gasteiger partial charge in [-0.05, 0) is 32.1 Å². The summed E-state index contributed by atoms with van der Waals surface area (Å²) in [7, 11) is 0. The van der Waals surface area contributed by atoms with Gasteiger partial charge in [-0.15, -0.1) is 0 Å². The summed E-state index contributed by atoms with van der Waals surface area (Å²) >= 11 is 0. The Morgan fingerprint density at radius 2 is 1.14 bits per heavy atom. The van der Waals surface area contributed by atoms with Crippen LogP contribution in [0.4, 0.5) is 0 Å². The molecule has 2 N–H and O–H groups in total. The number of carbonyl (C=O) groups is 1. The number of allylic oxidation sites excluding steroid dienone is 2. The number of aliphatic hydroxyl groups excluding tert-OH is 1. The Labute approximate surface area is 181 Å². The maximum atomic E-state index is 11.2. The SMILES string of the molecule is CCCCC(CC=CCCCCCCCCCCCCCCCCCO)C(=O)O. The molecule has 3 heteroatoms. The number of rotatable bonds is 23. The molecule has 0 heterocycles. The van der Waals surface area contributed by atoms with Crippen molar-refractivity contribution in [1.29, 1.82) is 0 Å². The lowest BCUT2D eigenvalue weighted by Crippen LogP contribution is -2.12. The molecule has 0 aromatic carbocycles. The van der Waals surface area contributed by atoms with Crippen molar-refractivity contribution in [1.82, 2.24) is 0 Å². The molecule has 172 valence electrons. The normalized spacial score (nSPS) is 12.6. The Morgan fingerprint density at radius 1 is 0.690 bits per heavy atom. The van der Waals surface area contributed by atoms with Gasteiger partial charge in [-0.1, -0.05) is 115 Å². The average molecular weight is 411 g/mol. The van der Waals surface area contributed by atoms with E-state index >= 15 is 0 Å². The maximum Gasteiger partial charge on any atom is 0.306 e. The Hall–Kier alpha value is -0.830. The van der Waals surface area contributed by atoms with Crippen LogP contribution in [0.3, 0.4) is 0 Å². The third kappa shape index (κ3) is 21.7. The predicted octanol–water partition coefficient (Wildman–Crippen LogP) is 8.06. The van der Waals surface area contributed by atoms with E-state index < -0.39 is 5.97 Å². The van der Waals surface area contributed by atoms with Gasteiger partial charge in [0.05, 0.1) is 5.92 Å². The van der Waals surface area contributed by atoms with E-state index in [1.165, 1.54) is 89.9 Å². The summed E-state index contributed by atoms with van der Waals surface area (Å²) in [5.41, 5.74) is 0. The third-order valence-corrected chi connectivity index (χ3v) is 5.87. The monoisotopic (exact) mass is 410 g/mol. The number of carboxylic acid groups (broad SMARTS) is 1. The Bertz CT molecular complexity index is 365. The molecule has 0 spiro atoms. The van der Waals surface area contributed by atoms with Crippen LogP contribution in [0.1, 0.15) is 135 Å². The van der Waals surface area contributed by atoms with Crippen LogP contribution in [0.5, 0.6) is 0 Å². The zero-order chi connectivity index (χ0) is 21.4. The molecule has 0 aromatic rings. The Balaban J connectivity index is 3.28. The van der Waals surface area contributed by atoms with Crippen molar-refractivity contribution in [3.63, 3.8) is 0 Å². The van der Waals surface area contributed by atoms with Crippen LogP contribution < -0.4 is 0 Å². The minimum Gasteiger partial charge on any atom is -0.481 e. The molecule has 1 unspecified atom stereocenters. The van der Waals surface area contributed by atoms with E-state index in [0.29, 0.717) is 13.0 Å². The second kappa shape index (κ2) is 23.4. The summed E-state index contributed by atoms with van der Waals surface area (Å²) < 4.78 is 0. The predicted molar refractivity (Wildman–Crippen MR) is 125 cm³/mol. The minimum atomic E-state index is -0.641. The fourth-order valence-corrected chi connectivity index (χ4v) is 3.84. The molecule has 0 aliphatic rings. The number of hydrogen-bond donors (Lipinski definition) is 2. The molecule has 0 fully saturated rings. The van der Waals surface area contributed by atoms with Crippen molar-refractivity contribution in [2.24, 2.45) is 5.92 Å². The van der Waals surface area contributed by atoms with Crippen LogP contribution in [0.15, 0.2) is 12.2 Å². The average Bonchev–Trinajstić information content (AvgIpc) is 2.71. The van der Waals surface area contributed by atoms with Gasteiger partial charge in [0.15, 0.2) is 0 Å². The van der Waals surface area contributed by atoms with Crippen LogP contribution in [0, 0.1) is 5.92 Å². The topological polar surface area (TPSA) is 57.5 Å². The van der Waals surface area contributed by atoms with E-state index in [9.17, 15) is 9.90 Å². The number of unbranched alkanes of at least 4 members (excludes halogenated alkanes) is 16. The smallest absolute Gasteiger partial charge is 0.306 e. The first-order valence-corrected chi connectivity index (χ1v) is 12.7. The highest BCUT2D eigenvalue weighted by atomic mass is 16.4. The van der Waals surface area contributed by atoms with E-state index in [4.69, 9.17) is 5.11 Å². The molecule has 0 saturated carbocycles. The van der Waals surface area contributed by atoms with Crippen LogP contribution >= 0.6 is 0 Å². The third-order valence-electron chi connectivity index (χ3n) is 5.87. The molecule has 1 atom stereocenters. The quantitative estimate of drug-likeness (QED) is 0.132. The van der Waals surface area contributed by atoms with Gasteiger partial charge >= 0.3 is 5.97 Å². The van der Waals surface area contributed by atoms with Gasteiger partial charge in [-0.25, -0.2) is 0 Å². The summed E-state index contributed by atoms with van der Waals surface area (Å²) in [6.45, 7) is 2.46. The lowest BCUT2D eigenvalue weighted by Gasteiger charge is -2.08. The molecular formula is C26H50O3. The second-order valence-electron chi connectivity index (χ2n) is 8.70. The number of aliphatic carboxylic acids is 1. The van der Waals surface area contributed by atoms with Crippen molar-refractivity contribution >= 4 is 5.97 Å². The highest BCUT2D eigenvalue weighted by molar-refractivity contribution is 5.70. The lowest BCUT2D eigenvalue weighted by molar-refractivity contribution is -0.141. The van der Waals surface area contributed by atoms with E-state index in [0.717, 1.165) is 32.1 Å². The van der Waals surface area contributed by atoms with E-state index in [1.807, 2.05) is 0 Å². The number of hydrogen-bond acceptors (Lipinski definition) is 2. The summed E-state index contributed by atoms with van der Waals surface area (Å²) in [4.78, 5) is 11.2. The zero-order valence-electron chi connectivity index (χ0n) is 19.4. The van der Waals surface area contributed by atoms with Crippen LogP contribution in [0.25, 0.3) is 0 Å². The van der Waals surface area contributed by atoms with Crippen molar-refractivity contribution in [3.05, 3.63) is 12.2 Å². The van der Waals surface area contributed by atoms with Gasteiger partial charge in [0, 0.05) is 6.61 Å². The molecular weight excluding hydrogens is 360 g/mol. The molecule has 0 rings (SSSR count). The fraction of sp³-hybridized carbons (Fsp3) is 0.885. The van der Waals surface area contributed by atoms with Crippen LogP contribution in [-0.4, -0.2) is 22.8 Å². The Kier molecular flexibility index (Phi) is 22.8. The lowest BCUT2D eigenvalue weighted by atomic mass is 9.98. The molecule has 0 aromatic heterocycles. The minimum absolute atomic E-state index is 0.192. The Morgan fingerprint density at radius 3 is 1.55 bits per heavy atom. The van der Waals surface area contributed by atoms with Crippen molar-refractivity contribution < 1.29 is 15.0 Å². The van der Waals surface area contributed by atoms with E-state index in [1.54, 1.807) is 0 Å². The first-order chi connectivity index (χ1) is 14.2. The summed E-state index contributed by atoms with van der Waals surface area (Å²) in [6.07, 6.45) is 28.7. The van der Waals surface area contributed by atoms with Crippen molar-refractivity contribution in [2.45, 2.75) is 135 Å². The van der Waals surface area contributed by atoms with E-state index in [-0.39, 0.29) is 5.92 Å². The van der Waals surface area contributed by atoms with Gasteiger partial charge in [0.25, 0.3) is 0 Å². The first kappa shape index (κ1) is 28.2. The molecule has 0 saturated heterocycles. The van der Waals surface area contributed by atoms with Crippen molar-refractivity contribution in [3.8, 4) is 0 Å². The van der Waals surface area contributed by atoms with Crippen LogP contribution in [-0.2, 0) is 4.79 Å². The zero-order valence-corrected chi connectivity index (χ0v) is 19.4. The molecule has 0 amide bonds. The summed E-state index contributed by atoms with van der Waals surface area (Å²) in [5, 5.41) is 17.9. The highest BCUT2D eigenvalue weighted by Crippen LogP contribution is 2.15. The molecule has 0 aliphatic heterocycles. The van der Waals surface area contributed by atoms with Crippen LogP contribution in [0.2, 0.25) is 0 Å². The van der Waals surface area contributed by atoms with E-state index in [2.05, 4.69) is 19.1 Å². The highest BCUT2D eigenvalue weighted by Gasteiger charge is 2.14. The molecule has 3 nitrogen and oxygen atoms in total. The molecule has 0 bridgehead atoms.